The molecule has 0 aromatic carbocycles. The second kappa shape index (κ2) is 43.7. The molecule has 0 saturated carbocycles. The number of ether oxygens (including phenoxy) is 2. The Hall–Kier alpha value is -3.82. The highest BCUT2D eigenvalue weighted by Crippen LogP contribution is 2.45. The van der Waals surface area contributed by atoms with E-state index >= 15 is 0 Å². The molecular formula is C49H76O15P2. The van der Waals surface area contributed by atoms with Gasteiger partial charge in [0.15, 0.2) is 0 Å². The van der Waals surface area contributed by atoms with Gasteiger partial charge in [0, 0.05) is 12.8 Å². The highest BCUT2D eigenvalue weighted by Gasteiger charge is 2.28. The number of aliphatic hydroxyl groups excluding tert-OH is 3. The summed E-state index contributed by atoms with van der Waals surface area (Å²) in [5.74, 6) is -1.13. The predicted molar refractivity (Wildman–Crippen MR) is 260 cm³/mol. The lowest BCUT2D eigenvalue weighted by molar-refractivity contribution is -0.148. The maximum absolute atomic E-state index is 12.1. The minimum atomic E-state index is -4.81. The van der Waals surface area contributed by atoms with Crippen molar-refractivity contribution in [3.63, 3.8) is 0 Å². The van der Waals surface area contributed by atoms with E-state index in [1.807, 2.05) is 72.9 Å². The van der Waals surface area contributed by atoms with Crippen LogP contribution >= 0.6 is 15.6 Å². The molecule has 5 unspecified atom stereocenters. The van der Waals surface area contributed by atoms with Gasteiger partial charge in [0.1, 0.15) is 31.5 Å². The van der Waals surface area contributed by atoms with Crippen LogP contribution < -0.4 is 0 Å². The number of aliphatic hydroxyl groups is 3. The molecule has 5 atom stereocenters. The van der Waals surface area contributed by atoms with Gasteiger partial charge >= 0.3 is 27.6 Å². The fourth-order valence-electron chi connectivity index (χ4n) is 4.79. The largest absolute Gasteiger partial charge is 0.472 e. The van der Waals surface area contributed by atoms with Gasteiger partial charge in [-0.15, -0.1) is 0 Å². The van der Waals surface area contributed by atoms with Gasteiger partial charge < -0.3 is 34.6 Å². The summed E-state index contributed by atoms with van der Waals surface area (Å²) in [4.78, 5) is 43.7. The lowest BCUT2D eigenvalue weighted by Crippen LogP contribution is -2.25. The van der Waals surface area contributed by atoms with Crippen molar-refractivity contribution in [2.45, 2.75) is 122 Å². The Morgan fingerprint density at radius 3 is 1.18 bits per heavy atom. The summed E-state index contributed by atoms with van der Waals surface area (Å²) in [5, 5.41) is 30.0. The summed E-state index contributed by atoms with van der Waals surface area (Å²) in [5.41, 5.74) is 0. The van der Waals surface area contributed by atoms with Gasteiger partial charge in [0.05, 0.1) is 26.4 Å². The first kappa shape index (κ1) is 62.2. The number of hydrogen-bond donors (Lipinski definition) is 5. The van der Waals surface area contributed by atoms with E-state index in [9.17, 15) is 43.8 Å². The van der Waals surface area contributed by atoms with E-state index < -0.39 is 85.5 Å². The molecule has 17 heteroatoms. The Bertz CT molecular complexity index is 1690. The van der Waals surface area contributed by atoms with Crippen LogP contribution in [0.1, 0.15) is 104 Å². The Balaban J connectivity index is 4.06. The highest BCUT2D eigenvalue weighted by molar-refractivity contribution is 7.47. The van der Waals surface area contributed by atoms with Crippen LogP contribution in [0.5, 0.6) is 0 Å². The number of rotatable bonds is 41. The third-order valence-corrected chi connectivity index (χ3v) is 10.1. The molecule has 0 amide bonds. The highest BCUT2D eigenvalue weighted by atomic mass is 31.2. The fraction of sp³-hybridized carbons (Fsp3) is 0.510. The first-order valence-corrected chi connectivity index (χ1v) is 25.6. The number of carbonyl (C=O) groups is 2. The Labute approximate surface area is 393 Å². The number of allylic oxidation sites excluding steroid dienone is 22. The minimum absolute atomic E-state index is 0.0627. The van der Waals surface area contributed by atoms with Crippen LogP contribution in [0.15, 0.2) is 134 Å². The van der Waals surface area contributed by atoms with E-state index in [0.717, 1.165) is 57.8 Å². The molecule has 0 bridgehead atoms. The van der Waals surface area contributed by atoms with Crippen LogP contribution in [0.25, 0.3) is 0 Å². The first-order valence-electron chi connectivity index (χ1n) is 22.6. The van der Waals surface area contributed by atoms with Crippen molar-refractivity contribution < 1.29 is 71.4 Å². The summed E-state index contributed by atoms with van der Waals surface area (Å²) < 4.78 is 52.8. The van der Waals surface area contributed by atoms with Crippen LogP contribution in [0.2, 0.25) is 0 Å². The molecular weight excluding hydrogens is 890 g/mol. The summed E-state index contributed by atoms with van der Waals surface area (Å²) >= 11 is 0. The van der Waals surface area contributed by atoms with E-state index in [1.54, 1.807) is 0 Å². The summed E-state index contributed by atoms with van der Waals surface area (Å²) in [6.07, 6.45) is 50.3. The molecule has 66 heavy (non-hydrogen) atoms. The molecule has 0 aliphatic carbocycles. The van der Waals surface area contributed by atoms with Crippen LogP contribution in [0, 0.1) is 0 Å². The zero-order chi connectivity index (χ0) is 48.8. The lowest BCUT2D eigenvalue weighted by Gasteiger charge is -2.19. The maximum Gasteiger partial charge on any atom is 0.472 e. The van der Waals surface area contributed by atoms with Gasteiger partial charge in [0.2, 0.25) is 0 Å². The van der Waals surface area contributed by atoms with Crippen LogP contribution in [-0.4, -0.2) is 95.0 Å². The fourth-order valence-corrected chi connectivity index (χ4v) is 6.38. The molecule has 0 aromatic rings. The summed E-state index contributed by atoms with van der Waals surface area (Å²) in [7, 11) is -9.62. The van der Waals surface area contributed by atoms with Crippen LogP contribution in [0.3, 0.4) is 0 Å². The van der Waals surface area contributed by atoms with Gasteiger partial charge in [-0.3, -0.25) is 27.7 Å². The van der Waals surface area contributed by atoms with Crippen molar-refractivity contribution in [3.05, 3.63) is 134 Å². The number of phosphoric ester groups is 2. The Kier molecular flexibility index (Phi) is 41.2. The van der Waals surface area contributed by atoms with Gasteiger partial charge in [-0.05, 0) is 70.6 Å². The van der Waals surface area contributed by atoms with Gasteiger partial charge in [-0.2, -0.15) is 0 Å². The monoisotopic (exact) mass is 966 g/mol. The molecule has 0 radical (unpaired) electrons. The van der Waals surface area contributed by atoms with Crippen LogP contribution in [0.4, 0.5) is 0 Å². The molecule has 372 valence electrons. The molecule has 0 saturated heterocycles. The third-order valence-electron chi connectivity index (χ3n) is 8.24. The molecule has 0 aromatic heterocycles. The standard InChI is InChI=1S/C49H76O15P2/c1-3-5-7-9-11-13-15-17-19-20-21-22-24-26-28-30-32-34-36-38-49(54)60-40-46(51)42-62-66(57,58)64-44-47(52)43-63-65(55,56)61-41-45(50)39-59-48(53)37-35-33-31-29-27-25-23-18-16-14-12-10-8-6-4-2/h5-8,10-14,16-19,21-23,25-28,32,34,45-47,50-52H,3-4,9,15,20,24,29-31,33,35-44H2,1-2H3,(H,55,56)(H,57,58)/b7-5-,8-6+,12-10+,13-11-,16-14-,19-17-,22-21-,23-18-,27-25+,28-26-,34-32-. The zero-order valence-electron chi connectivity index (χ0n) is 38.8. The number of hydrogen-bond acceptors (Lipinski definition) is 13. The number of phosphoric acid groups is 2. The van der Waals surface area contributed by atoms with E-state index in [-0.39, 0.29) is 12.8 Å². The Morgan fingerprint density at radius 2 is 0.758 bits per heavy atom. The van der Waals surface area contributed by atoms with E-state index in [4.69, 9.17) is 9.47 Å². The summed E-state index contributed by atoms with van der Waals surface area (Å²) in [6, 6.07) is 0. The average Bonchev–Trinajstić information content (AvgIpc) is 3.29. The van der Waals surface area contributed by atoms with Crippen molar-refractivity contribution in [2.75, 3.05) is 39.6 Å². The molecule has 0 aliphatic rings. The van der Waals surface area contributed by atoms with Crippen molar-refractivity contribution >= 4 is 27.6 Å². The smallest absolute Gasteiger partial charge is 0.463 e. The Morgan fingerprint density at radius 1 is 0.409 bits per heavy atom. The molecule has 15 nitrogen and oxygen atoms in total. The second-order valence-corrected chi connectivity index (χ2v) is 17.3. The molecule has 0 aliphatic heterocycles. The van der Waals surface area contributed by atoms with Crippen molar-refractivity contribution in [1.82, 2.24) is 0 Å². The van der Waals surface area contributed by atoms with Crippen molar-refractivity contribution in [2.24, 2.45) is 0 Å². The quantitative estimate of drug-likeness (QED) is 0.0126. The molecule has 0 fully saturated rings. The van der Waals surface area contributed by atoms with Gasteiger partial charge in [0.25, 0.3) is 0 Å². The zero-order valence-corrected chi connectivity index (χ0v) is 40.6. The second-order valence-electron chi connectivity index (χ2n) is 14.4. The number of unbranched alkanes of at least 4 members (excludes halogenated alkanes) is 3. The van der Waals surface area contributed by atoms with Crippen molar-refractivity contribution in [1.29, 1.82) is 0 Å². The van der Waals surface area contributed by atoms with Crippen LogP contribution in [-0.2, 0) is 46.3 Å². The normalized spacial score (nSPS) is 16.3. The van der Waals surface area contributed by atoms with E-state index in [1.165, 1.54) is 0 Å². The molecule has 0 spiro atoms. The average molecular weight is 967 g/mol. The molecule has 5 N–H and O–H groups in total. The van der Waals surface area contributed by atoms with E-state index in [0.29, 0.717) is 19.3 Å². The summed E-state index contributed by atoms with van der Waals surface area (Å²) in [6.45, 7) is -0.0393. The number of esters is 2. The van der Waals surface area contributed by atoms with E-state index in [2.05, 4.69) is 92.7 Å². The molecule has 0 rings (SSSR count). The SMILES string of the molecule is CC/C=C\C/C=C\C/C=C\C/C=C\C/C=C\C/C=C\CCC(=O)OCC(O)COP(=O)(O)OCC(O)COP(=O)(O)OCC(O)COC(=O)CCCCC/C=C/C=C\C=C/C=C/C=C/CC. The topological polar surface area (TPSA) is 225 Å². The molecule has 0 heterocycles. The van der Waals surface area contributed by atoms with Gasteiger partial charge in [-0.25, -0.2) is 9.13 Å². The van der Waals surface area contributed by atoms with Gasteiger partial charge in [-0.1, -0.05) is 154 Å². The number of carbonyl (C=O) groups excluding carboxylic acids is 2. The maximum atomic E-state index is 12.1. The third kappa shape index (κ3) is 45.3. The van der Waals surface area contributed by atoms with Crippen molar-refractivity contribution in [3.8, 4) is 0 Å². The first-order chi connectivity index (χ1) is 31.8. The lowest BCUT2D eigenvalue weighted by atomic mass is 10.1. The predicted octanol–water partition coefficient (Wildman–Crippen LogP) is 10.0. The minimum Gasteiger partial charge on any atom is -0.463 e.